The lowest BCUT2D eigenvalue weighted by molar-refractivity contribution is 0.0747. The van der Waals surface area contributed by atoms with Gasteiger partial charge in [0.1, 0.15) is 11.5 Å². The van der Waals surface area contributed by atoms with Gasteiger partial charge in [0.2, 0.25) is 0 Å². The summed E-state index contributed by atoms with van der Waals surface area (Å²) in [6.45, 7) is 11.8. The number of allylic oxidation sites excluding steroid dienone is 1. The summed E-state index contributed by atoms with van der Waals surface area (Å²) in [5.74, 6) is 1.66. The predicted octanol–water partition coefficient (Wildman–Crippen LogP) is 7.40. The fourth-order valence-electron chi connectivity index (χ4n) is 3.26. The Labute approximate surface area is 174 Å². The lowest BCUT2D eigenvalue weighted by Gasteiger charge is -2.29. The van der Waals surface area contributed by atoms with Crippen LogP contribution in [0.5, 0.6) is 11.5 Å². The molecular weight excluding hydrogens is 356 g/mol. The molecule has 150 valence electrons. The fraction of sp³-hybridized carbons (Fsp3) is 0.259. The molecule has 0 aliphatic rings. The standard InChI is InChI=1S/C27H30O2/c1-5-27(4,24-16-14-23(15-17-24)21(2)3)20-28-19-22-10-9-13-26(18-22)29-25-11-7-6-8-12-25/h6-18H,2,5,19-20H2,1,3-4H3. The van der Waals surface area contributed by atoms with Crippen molar-refractivity contribution in [2.24, 2.45) is 0 Å². The van der Waals surface area contributed by atoms with Gasteiger partial charge in [0.05, 0.1) is 13.2 Å². The first kappa shape index (κ1) is 20.9. The van der Waals surface area contributed by atoms with Crippen molar-refractivity contribution in [2.45, 2.75) is 39.2 Å². The van der Waals surface area contributed by atoms with Crippen molar-refractivity contribution >= 4 is 5.57 Å². The van der Waals surface area contributed by atoms with Crippen LogP contribution in [0.2, 0.25) is 0 Å². The molecule has 0 aromatic heterocycles. The fourth-order valence-corrected chi connectivity index (χ4v) is 3.26. The van der Waals surface area contributed by atoms with Crippen LogP contribution in [0.4, 0.5) is 0 Å². The highest BCUT2D eigenvalue weighted by atomic mass is 16.5. The molecule has 0 amide bonds. The maximum absolute atomic E-state index is 6.14. The van der Waals surface area contributed by atoms with E-state index in [2.05, 4.69) is 50.8 Å². The largest absolute Gasteiger partial charge is 0.457 e. The minimum Gasteiger partial charge on any atom is -0.457 e. The predicted molar refractivity (Wildman–Crippen MR) is 121 cm³/mol. The Morgan fingerprint density at radius 2 is 1.59 bits per heavy atom. The molecule has 3 rings (SSSR count). The second kappa shape index (κ2) is 9.58. The van der Waals surface area contributed by atoms with Crippen LogP contribution in [-0.4, -0.2) is 6.61 Å². The molecule has 3 aromatic rings. The quantitative estimate of drug-likeness (QED) is 0.381. The van der Waals surface area contributed by atoms with E-state index in [1.807, 2.05) is 55.5 Å². The molecule has 0 aliphatic heterocycles. The summed E-state index contributed by atoms with van der Waals surface area (Å²) in [4.78, 5) is 0. The van der Waals surface area contributed by atoms with E-state index in [9.17, 15) is 0 Å². The molecule has 0 spiro atoms. The zero-order chi connectivity index (χ0) is 20.7. The molecule has 0 aliphatic carbocycles. The van der Waals surface area contributed by atoms with Gasteiger partial charge in [-0.2, -0.15) is 0 Å². The Morgan fingerprint density at radius 1 is 0.897 bits per heavy atom. The molecule has 1 atom stereocenters. The second-order valence-corrected chi connectivity index (χ2v) is 7.83. The van der Waals surface area contributed by atoms with Crippen LogP contribution in [0, 0.1) is 0 Å². The number of para-hydroxylation sites is 1. The topological polar surface area (TPSA) is 18.5 Å². The van der Waals surface area contributed by atoms with Gasteiger partial charge in [-0.05, 0) is 54.3 Å². The first-order chi connectivity index (χ1) is 14.0. The average Bonchev–Trinajstić information content (AvgIpc) is 2.74. The molecule has 1 unspecified atom stereocenters. The highest BCUT2D eigenvalue weighted by Gasteiger charge is 2.25. The van der Waals surface area contributed by atoms with E-state index in [-0.39, 0.29) is 5.41 Å². The van der Waals surface area contributed by atoms with Gasteiger partial charge in [0.15, 0.2) is 0 Å². The number of ether oxygens (including phenoxy) is 2. The maximum atomic E-state index is 6.14. The van der Waals surface area contributed by atoms with Crippen molar-refractivity contribution < 1.29 is 9.47 Å². The highest BCUT2D eigenvalue weighted by molar-refractivity contribution is 5.61. The Bertz CT molecular complexity index is 928. The van der Waals surface area contributed by atoms with Crippen LogP contribution < -0.4 is 4.74 Å². The third-order valence-electron chi connectivity index (χ3n) is 5.42. The number of rotatable bonds is 9. The van der Waals surface area contributed by atoms with Crippen molar-refractivity contribution in [3.63, 3.8) is 0 Å². The lowest BCUT2D eigenvalue weighted by Crippen LogP contribution is -2.27. The van der Waals surface area contributed by atoms with Crippen molar-refractivity contribution in [3.8, 4) is 11.5 Å². The molecule has 3 aromatic carbocycles. The van der Waals surface area contributed by atoms with E-state index in [1.54, 1.807) is 0 Å². The summed E-state index contributed by atoms with van der Waals surface area (Å²) in [5, 5.41) is 0. The van der Waals surface area contributed by atoms with Crippen LogP contribution in [0.25, 0.3) is 5.57 Å². The van der Waals surface area contributed by atoms with Gasteiger partial charge in [0.25, 0.3) is 0 Å². The van der Waals surface area contributed by atoms with E-state index in [0.29, 0.717) is 13.2 Å². The van der Waals surface area contributed by atoms with Crippen molar-refractivity contribution in [3.05, 3.63) is 102 Å². The summed E-state index contributed by atoms with van der Waals surface area (Å²) in [6, 6.07) is 26.6. The Kier molecular flexibility index (Phi) is 6.90. The van der Waals surface area contributed by atoms with Crippen LogP contribution in [-0.2, 0) is 16.8 Å². The molecule has 0 saturated carbocycles. The minimum atomic E-state index is -0.0221. The Hall–Kier alpha value is -2.84. The molecule has 2 heteroatoms. The van der Waals surface area contributed by atoms with Gasteiger partial charge < -0.3 is 9.47 Å². The molecule has 0 radical (unpaired) electrons. The summed E-state index contributed by atoms with van der Waals surface area (Å²) in [5.41, 5.74) is 4.65. The van der Waals surface area contributed by atoms with Gasteiger partial charge in [-0.15, -0.1) is 0 Å². The van der Waals surface area contributed by atoms with Gasteiger partial charge in [-0.25, -0.2) is 0 Å². The normalized spacial score (nSPS) is 12.9. The number of hydrogen-bond donors (Lipinski definition) is 0. The maximum Gasteiger partial charge on any atom is 0.127 e. The third kappa shape index (κ3) is 5.58. The Morgan fingerprint density at radius 3 is 2.24 bits per heavy atom. The zero-order valence-corrected chi connectivity index (χ0v) is 17.7. The van der Waals surface area contributed by atoms with E-state index in [1.165, 1.54) is 11.1 Å². The summed E-state index contributed by atoms with van der Waals surface area (Å²) in [7, 11) is 0. The first-order valence-corrected chi connectivity index (χ1v) is 10.2. The zero-order valence-electron chi connectivity index (χ0n) is 17.7. The number of hydrogen-bond acceptors (Lipinski definition) is 2. The van der Waals surface area contributed by atoms with E-state index < -0.39 is 0 Å². The molecule has 0 N–H and O–H groups in total. The van der Waals surface area contributed by atoms with Gasteiger partial charge in [0, 0.05) is 5.41 Å². The third-order valence-corrected chi connectivity index (χ3v) is 5.42. The first-order valence-electron chi connectivity index (χ1n) is 10.2. The van der Waals surface area contributed by atoms with E-state index >= 15 is 0 Å². The number of benzene rings is 3. The van der Waals surface area contributed by atoms with E-state index in [4.69, 9.17) is 9.47 Å². The molecular formula is C27H30O2. The summed E-state index contributed by atoms with van der Waals surface area (Å²) in [6.07, 6.45) is 1.01. The van der Waals surface area contributed by atoms with Crippen LogP contribution in [0.15, 0.2) is 85.4 Å². The average molecular weight is 387 g/mol. The molecule has 2 nitrogen and oxygen atoms in total. The molecule has 0 saturated heterocycles. The minimum absolute atomic E-state index is 0.0221. The van der Waals surface area contributed by atoms with Crippen LogP contribution >= 0.6 is 0 Å². The van der Waals surface area contributed by atoms with Gasteiger partial charge >= 0.3 is 0 Å². The van der Waals surface area contributed by atoms with Crippen LogP contribution in [0.3, 0.4) is 0 Å². The molecule has 0 fully saturated rings. The second-order valence-electron chi connectivity index (χ2n) is 7.83. The van der Waals surface area contributed by atoms with Crippen molar-refractivity contribution in [1.82, 2.24) is 0 Å². The van der Waals surface area contributed by atoms with Crippen molar-refractivity contribution in [2.75, 3.05) is 6.61 Å². The highest BCUT2D eigenvalue weighted by Crippen LogP contribution is 2.30. The lowest BCUT2D eigenvalue weighted by atomic mass is 9.80. The molecule has 29 heavy (non-hydrogen) atoms. The summed E-state index contributed by atoms with van der Waals surface area (Å²) < 4.78 is 12.1. The summed E-state index contributed by atoms with van der Waals surface area (Å²) >= 11 is 0. The Balaban J connectivity index is 1.61. The molecule has 0 bridgehead atoms. The van der Waals surface area contributed by atoms with Crippen molar-refractivity contribution in [1.29, 1.82) is 0 Å². The van der Waals surface area contributed by atoms with Gasteiger partial charge in [-0.3, -0.25) is 0 Å². The van der Waals surface area contributed by atoms with Crippen LogP contribution in [0.1, 0.15) is 43.9 Å². The molecule has 0 heterocycles. The smallest absolute Gasteiger partial charge is 0.127 e. The van der Waals surface area contributed by atoms with E-state index in [0.717, 1.165) is 29.1 Å². The monoisotopic (exact) mass is 386 g/mol. The van der Waals surface area contributed by atoms with Gasteiger partial charge in [-0.1, -0.05) is 80.6 Å². The SMILES string of the molecule is C=C(C)c1ccc(C(C)(CC)COCc2cccc(Oc3ccccc3)c2)cc1.